The van der Waals surface area contributed by atoms with Gasteiger partial charge in [-0.15, -0.1) is 0 Å². The number of hydrogen-bond donors (Lipinski definition) is 1. The van der Waals surface area contributed by atoms with Gasteiger partial charge in [0, 0.05) is 0 Å². The maximum Gasteiger partial charge on any atom is 0.169 e. The Bertz CT molecular complexity index is 598. The lowest BCUT2D eigenvalue weighted by molar-refractivity contribution is 0.471. The zero-order valence-corrected chi connectivity index (χ0v) is 11.8. The number of hydrogen-bond acceptors (Lipinski definition) is 3. The zero-order valence-electron chi connectivity index (χ0n) is 10.2. The minimum absolute atomic E-state index is 0.00481. The molecule has 0 fully saturated rings. The van der Waals surface area contributed by atoms with Crippen molar-refractivity contribution in [1.82, 2.24) is 0 Å². The predicted octanol–water partition coefficient (Wildman–Crippen LogP) is 4.40. The minimum atomic E-state index is 0.00481. The summed E-state index contributed by atoms with van der Waals surface area (Å²) in [5.74, 6) is 0.826. The molecule has 0 aliphatic heterocycles. The summed E-state index contributed by atoms with van der Waals surface area (Å²) in [4.78, 5) is 0. The Morgan fingerprint density at radius 1 is 1.33 bits per heavy atom. The van der Waals surface area contributed by atoms with E-state index in [9.17, 15) is 0 Å². The summed E-state index contributed by atoms with van der Waals surface area (Å²) in [5.41, 5.74) is 2.47. The Morgan fingerprint density at radius 3 is 2.72 bits per heavy atom. The SMILES string of the molecule is Cc1cccc(NC(C)c2ccc(Br)o2)c1C#N. The van der Waals surface area contributed by atoms with Crippen LogP contribution < -0.4 is 5.32 Å². The third-order valence-electron chi connectivity index (χ3n) is 2.78. The van der Waals surface area contributed by atoms with Crippen molar-refractivity contribution in [1.29, 1.82) is 5.26 Å². The van der Waals surface area contributed by atoms with Crippen LogP contribution in [0.3, 0.4) is 0 Å². The topological polar surface area (TPSA) is 49.0 Å². The lowest BCUT2D eigenvalue weighted by Gasteiger charge is -2.15. The third kappa shape index (κ3) is 2.57. The van der Waals surface area contributed by atoms with Crippen LogP contribution in [0, 0.1) is 18.3 Å². The summed E-state index contributed by atoms with van der Waals surface area (Å²) >= 11 is 3.28. The largest absolute Gasteiger partial charge is 0.452 e. The van der Waals surface area contributed by atoms with E-state index in [0.29, 0.717) is 10.2 Å². The van der Waals surface area contributed by atoms with Crippen molar-refractivity contribution in [2.75, 3.05) is 5.32 Å². The van der Waals surface area contributed by atoms with Gasteiger partial charge in [-0.25, -0.2) is 0 Å². The molecular weight excluding hydrogens is 292 g/mol. The molecule has 1 N–H and O–H groups in total. The summed E-state index contributed by atoms with van der Waals surface area (Å²) < 4.78 is 6.20. The first kappa shape index (κ1) is 12.7. The van der Waals surface area contributed by atoms with Gasteiger partial charge in [-0.3, -0.25) is 0 Å². The molecule has 0 aliphatic carbocycles. The number of halogens is 1. The second-order valence-electron chi connectivity index (χ2n) is 4.12. The highest BCUT2D eigenvalue weighted by atomic mass is 79.9. The Morgan fingerprint density at radius 2 is 2.11 bits per heavy atom. The summed E-state index contributed by atoms with van der Waals surface area (Å²) in [6, 6.07) is 11.8. The van der Waals surface area contributed by atoms with Crippen LogP contribution in [0.5, 0.6) is 0 Å². The number of nitrogens with zero attached hydrogens (tertiary/aromatic N) is 1. The van der Waals surface area contributed by atoms with Crippen LogP contribution in [0.25, 0.3) is 0 Å². The normalized spacial score (nSPS) is 11.9. The summed E-state index contributed by atoms with van der Waals surface area (Å²) in [7, 11) is 0. The van der Waals surface area contributed by atoms with E-state index in [1.807, 2.05) is 44.2 Å². The summed E-state index contributed by atoms with van der Waals surface area (Å²) in [6.07, 6.45) is 0. The van der Waals surface area contributed by atoms with Crippen molar-refractivity contribution in [3.05, 3.63) is 51.9 Å². The Kier molecular flexibility index (Phi) is 3.73. The van der Waals surface area contributed by atoms with Gasteiger partial charge in [-0.1, -0.05) is 12.1 Å². The number of rotatable bonds is 3. The molecule has 1 aromatic carbocycles. The van der Waals surface area contributed by atoms with E-state index in [1.54, 1.807) is 0 Å². The highest BCUT2D eigenvalue weighted by Gasteiger charge is 2.12. The van der Waals surface area contributed by atoms with Crippen LogP contribution in [0.4, 0.5) is 5.69 Å². The van der Waals surface area contributed by atoms with Crippen LogP contribution in [0.2, 0.25) is 0 Å². The highest BCUT2D eigenvalue weighted by molar-refractivity contribution is 9.10. The highest BCUT2D eigenvalue weighted by Crippen LogP contribution is 2.26. The standard InChI is InChI=1S/C14H13BrN2O/c1-9-4-3-5-12(11(9)8-16)17-10(2)13-6-7-14(15)18-13/h3-7,10,17H,1-2H3. The maximum atomic E-state index is 9.17. The molecule has 0 bridgehead atoms. The van der Waals surface area contributed by atoms with Crippen molar-refractivity contribution in [3.63, 3.8) is 0 Å². The molecule has 92 valence electrons. The number of aryl methyl sites for hydroxylation is 1. The van der Waals surface area contributed by atoms with Gasteiger partial charge in [0.1, 0.15) is 11.8 Å². The van der Waals surface area contributed by atoms with Gasteiger partial charge in [-0.05, 0) is 53.5 Å². The molecule has 0 aliphatic rings. The number of benzene rings is 1. The molecule has 0 radical (unpaired) electrons. The fourth-order valence-corrected chi connectivity index (χ4v) is 2.12. The van der Waals surface area contributed by atoms with E-state index in [2.05, 4.69) is 27.3 Å². The molecule has 2 aromatic rings. The van der Waals surface area contributed by atoms with E-state index in [-0.39, 0.29) is 6.04 Å². The smallest absolute Gasteiger partial charge is 0.169 e. The number of furan rings is 1. The quantitative estimate of drug-likeness (QED) is 0.914. The molecule has 2 rings (SSSR count). The van der Waals surface area contributed by atoms with Crippen molar-refractivity contribution in [2.45, 2.75) is 19.9 Å². The van der Waals surface area contributed by atoms with Gasteiger partial charge in [0.15, 0.2) is 4.67 Å². The second kappa shape index (κ2) is 5.28. The number of anilines is 1. The molecule has 0 spiro atoms. The average molecular weight is 305 g/mol. The molecular formula is C14H13BrN2O. The van der Waals surface area contributed by atoms with Crippen molar-refractivity contribution >= 4 is 21.6 Å². The molecule has 0 saturated heterocycles. The minimum Gasteiger partial charge on any atom is -0.452 e. The van der Waals surface area contributed by atoms with Crippen molar-refractivity contribution in [2.24, 2.45) is 0 Å². The fraction of sp³-hybridized carbons (Fsp3) is 0.214. The van der Waals surface area contributed by atoms with Crippen LogP contribution in [-0.2, 0) is 0 Å². The number of nitrogens with one attached hydrogen (secondary N) is 1. The predicted molar refractivity (Wildman–Crippen MR) is 74.3 cm³/mol. The van der Waals surface area contributed by atoms with Crippen LogP contribution in [-0.4, -0.2) is 0 Å². The maximum absolute atomic E-state index is 9.17. The van der Waals surface area contributed by atoms with Gasteiger partial charge in [-0.2, -0.15) is 5.26 Å². The van der Waals surface area contributed by atoms with Gasteiger partial charge >= 0.3 is 0 Å². The molecule has 4 heteroatoms. The molecule has 1 aromatic heterocycles. The van der Waals surface area contributed by atoms with Crippen LogP contribution >= 0.6 is 15.9 Å². The van der Waals surface area contributed by atoms with E-state index >= 15 is 0 Å². The first-order chi connectivity index (χ1) is 8.61. The molecule has 3 nitrogen and oxygen atoms in total. The van der Waals surface area contributed by atoms with Crippen LogP contribution in [0.1, 0.15) is 29.9 Å². The first-order valence-electron chi connectivity index (χ1n) is 5.63. The molecule has 0 amide bonds. The van der Waals surface area contributed by atoms with Crippen LogP contribution in [0.15, 0.2) is 39.4 Å². The third-order valence-corrected chi connectivity index (χ3v) is 3.20. The Hall–Kier alpha value is -1.73. The molecule has 1 unspecified atom stereocenters. The Balaban J connectivity index is 2.25. The van der Waals surface area contributed by atoms with Gasteiger partial charge < -0.3 is 9.73 Å². The molecule has 1 atom stereocenters. The van der Waals surface area contributed by atoms with Gasteiger partial charge in [0.05, 0.1) is 17.3 Å². The number of nitriles is 1. The lowest BCUT2D eigenvalue weighted by atomic mass is 10.1. The molecule has 1 heterocycles. The summed E-state index contributed by atoms with van der Waals surface area (Å²) in [6.45, 7) is 3.92. The zero-order chi connectivity index (χ0) is 13.1. The fourth-order valence-electron chi connectivity index (χ4n) is 1.80. The Labute approximate surface area is 115 Å². The first-order valence-corrected chi connectivity index (χ1v) is 6.42. The van der Waals surface area contributed by atoms with E-state index in [4.69, 9.17) is 9.68 Å². The van der Waals surface area contributed by atoms with E-state index in [0.717, 1.165) is 17.0 Å². The lowest BCUT2D eigenvalue weighted by Crippen LogP contribution is -2.07. The molecule has 18 heavy (non-hydrogen) atoms. The monoisotopic (exact) mass is 304 g/mol. The molecule has 0 saturated carbocycles. The van der Waals surface area contributed by atoms with Gasteiger partial charge in [0.25, 0.3) is 0 Å². The van der Waals surface area contributed by atoms with Gasteiger partial charge in [0.2, 0.25) is 0 Å². The van der Waals surface area contributed by atoms with Crippen molar-refractivity contribution in [3.8, 4) is 6.07 Å². The van der Waals surface area contributed by atoms with E-state index < -0.39 is 0 Å². The average Bonchev–Trinajstić information content (AvgIpc) is 2.76. The van der Waals surface area contributed by atoms with E-state index in [1.165, 1.54) is 0 Å². The second-order valence-corrected chi connectivity index (χ2v) is 4.90. The van der Waals surface area contributed by atoms with Crippen molar-refractivity contribution < 1.29 is 4.42 Å². The summed E-state index contributed by atoms with van der Waals surface area (Å²) in [5, 5.41) is 12.5.